The Morgan fingerprint density at radius 3 is 2.73 bits per heavy atom. The minimum Gasteiger partial charge on any atom is -0.354 e. The van der Waals surface area contributed by atoms with E-state index in [2.05, 4.69) is 35.5 Å². The van der Waals surface area contributed by atoms with Crippen molar-refractivity contribution in [3.8, 4) is 0 Å². The van der Waals surface area contributed by atoms with Gasteiger partial charge in [-0.2, -0.15) is 11.8 Å². The van der Waals surface area contributed by atoms with Crippen LogP contribution in [-0.2, 0) is 12.2 Å². The van der Waals surface area contributed by atoms with Crippen LogP contribution >= 0.6 is 11.8 Å². The number of hydrogen-bond donors (Lipinski definition) is 3. The fourth-order valence-electron chi connectivity index (χ4n) is 2.30. The van der Waals surface area contributed by atoms with Gasteiger partial charge < -0.3 is 10.3 Å². The van der Waals surface area contributed by atoms with E-state index in [4.69, 9.17) is 0 Å². The highest BCUT2D eigenvalue weighted by molar-refractivity contribution is 7.98. The standard InChI is InChI=1S/C17H21N7OS/c1-11-3-4-13(8-19-11)7-14-16(25)22-17(24-23-14)18-5-6-26-9-15-12(2)20-10-21-15/h3-4,8,10H,5-7,9H2,1-2H3,(H,20,21)(H2,18,22,24,25). The van der Waals surface area contributed by atoms with Gasteiger partial charge in [0.15, 0.2) is 0 Å². The van der Waals surface area contributed by atoms with E-state index in [-0.39, 0.29) is 5.56 Å². The molecule has 0 aliphatic rings. The van der Waals surface area contributed by atoms with Crippen molar-refractivity contribution in [2.24, 2.45) is 0 Å². The molecule has 0 bridgehead atoms. The Morgan fingerprint density at radius 2 is 2.04 bits per heavy atom. The summed E-state index contributed by atoms with van der Waals surface area (Å²) in [5.41, 5.74) is 4.18. The number of pyridine rings is 1. The Bertz CT molecular complexity index is 904. The lowest BCUT2D eigenvalue weighted by Gasteiger charge is -2.05. The second kappa shape index (κ2) is 8.61. The number of thioether (sulfide) groups is 1. The highest BCUT2D eigenvalue weighted by Gasteiger charge is 2.06. The summed E-state index contributed by atoms with van der Waals surface area (Å²) in [6, 6.07) is 3.85. The smallest absolute Gasteiger partial charge is 0.274 e. The number of imidazole rings is 1. The van der Waals surface area contributed by atoms with Crippen LogP contribution < -0.4 is 10.9 Å². The van der Waals surface area contributed by atoms with Gasteiger partial charge in [-0.05, 0) is 25.5 Å². The molecule has 3 heterocycles. The van der Waals surface area contributed by atoms with E-state index >= 15 is 0 Å². The summed E-state index contributed by atoms with van der Waals surface area (Å²) in [4.78, 5) is 26.4. The molecule has 0 radical (unpaired) electrons. The van der Waals surface area contributed by atoms with Gasteiger partial charge in [0.1, 0.15) is 5.69 Å². The number of aryl methyl sites for hydroxylation is 2. The van der Waals surface area contributed by atoms with Crippen LogP contribution in [0.2, 0.25) is 0 Å². The van der Waals surface area contributed by atoms with Gasteiger partial charge in [-0.25, -0.2) is 4.98 Å². The van der Waals surface area contributed by atoms with Crippen LogP contribution in [0.4, 0.5) is 5.95 Å². The molecule has 3 N–H and O–H groups in total. The average molecular weight is 371 g/mol. The summed E-state index contributed by atoms with van der Waals surface area (Å²) in [5.74, 6) is 2.10. The Hall–Kier alpha value is -2.68. The molecule has 3 aromatic rings. The molecule has 0 amide bonds. The lowest BCUT2D eigenvalue weighted by atomic mass is 10.1. The lowest BCUT2D eigenvalue weighted by molar-refractivity contribution is 0.862. The summed E-state index contributed by atoms with van der Waals surface area (Å²) in [7, 11) is 0. The minimum atomic E-state index is -0.233. The zero-order valence-corrected chi connectivity index (χ0v) is 15.6. The van der Waals surface area contributed by atoms with Crippen molar-refractivity contribution in [3.63, 3.8) is 0 Å². The van der Waals surface area contributed by atoms with Gasteiger partial charge in [0.2, 0.25) is 5.95 Å². The van der Waals surface area contributed by atoms with Gasteiger partial charge in [-0.1, -0.05) is 6.07 Å². The van der Waals surface area contributed by atoms with E-state index in [9.17, 15) is 4.79 Å². The van der Waals surface area contributed by atoms with Crippen LogP contribution in [0.1, 0.15) is 28.3 Å². The normalized spacial score (nSPS) is 10.8. The number of nitrogens with one attached hydrogen (secondary N) is 3. The van der Waals surface area contributed by atoms with E-state index in [0.717, 1.165) is 34.2 Å². The van der Waals surface area contributed by atoms with Gasteiger partial charge >= 0.3 is 0 Å². The Morgan fingerprint density at radius 1 is 1.15 bits per heavy atom. The molecule has 0 saturated heterocycles. The van der Waals surface area contributed by atoms with E-state index in [1.54, 1.807) is 24.3 Å². The molecule has 0 aromatic carbocycles. The van der Waals surface area contributed by atoms with Crippen LogP contribution in [0.3, 0.4) is 0 Å². The van der Waals surface area contributed by atoms with Crippen LogP contribution in [0.15, 0.2) is 29.5 Å². The van der Waals surface area contributed by atoms with Crippen molar-refractivity contribution in [1.29, 1.82) is 0 Å². The lowest BCUT2D eigenvalue weighted by Crippen LogP contribution is -2.20. The highest BCUT2D eigenvalue weighted by atomic mass is 32.2. The molecule has 26 heavy (non-hydrogen) atoms. The number of nitrogens with zero attached hydrogens (tertiary/aromatic N) is 4. The minimum absolute atomic E-state index is 0.233. The number of aromatic amines is 2. The van der Waals surface area contributed by atoms with E-state index in [1.807, 2.05) is 26.0 Å². The number of aromatic nitrogens is 6. The number of hydrogen-bond acceptors (Lipinski definition) is 7. The molecular formula is C17H21N7OS. The number of rotatable bonds is 8. The first-order chi connectivity index (χ1) is 12.6. The van der Waals surface area contributed by atoms with Crippen LogP contribution in [0, 0.1) is 13.8 Å². The zero-order chi connectivity index (χ0) is 18.4. The topological polar surface area (TPSA) is 112 Å². The first-order valence-electron chi connectivity index (χ1n) is 8.29. The molecule has 0 aliphatic carbocycles. The maximum absolute atomic E-state index is 12.2. The van der Waals surface area contributed by atoms with Gasteiger partial charge in [-0.3, -0.25) is 14.8 Å². The van der Waals surface area contributed by atoms with E-state index < -0.39 is 0 Å². The molecule has 0 fully saturated rings. The molecular weight excluding hydrogens is 350 g/mol. The first-order valence-corrected chi connectivity index (χ1v) is 9.45. The summed E-state index contributed by atoms with van der Waals surface area (Å²) >= 11 is 1.76. The largest absolute Gasteiger partial charge is 0.354 e. The molecule has 136 valence electrons. The molecule has 8 nitrogen and oxygen atoms in total. The average Bonchev–Trinajstić information content (AvgIpc) is 3.04. The summed E-state index contributed by atoms with van der Waals surface area (Å²) < 4.78 is 0. The van der Waals surface area contributed by atoms with Gasteiger partial charge in [0, 0.05) is 42.1 Å². The highest BCUT2D eigenvalue weighted by Crippen LogP contribution is 2.12. The zero-order valence-electron chi connectivity index (χ0n) is 14.7. The third-order valence-electron chi connectivity index (χ3n) is 3.82. The van der Waals surface area contributed by atoms with Crippen molar-refractivity contribution in [2.75, 3.05) is 17.6 Å². The molecule has 0 unspecified atom stereocenters. The summed E-state index contributed by atoms with van der Waals surface area (Å²) in [5, 5.41) is 11.2. The van der Waals surface area contributed by atoms with E-state index in [0.29, 0.717) is 24.6 Å². The van der Waals surface area contributed by atoms with E-state index in [1.165, 1.54) is 0 Å². The fourth-order valence-corrected chi connectivity index (χ4v) is 3.17. The maximum atomic E-state index is 12.2. The van der Waals surface area contributed by atoms with Crippen molar-refractivity contribution in [2.45, 2.75) is 26.0 Å². The van der Waals surface area contributed by atoms with Crippen molar-refractivity contribution in [1.82, 2.24) is 30.1 Å². The molecule has 0 atom stereocenters. The van der Waals surface area contributed by atoms with Crippen LogP contribution in [-0.4, -0.2) is 42.4 Å². The van der Waals surface area contributed by atoms with Gasteiger partial charge in [-0.15, -0.1) is 10.2 Å². The molecule has 3 aromatic heterocycles. The maximum Gasteiger partial charge on any atom is 0.274 e. The fraction of sp³-hybridized carbons (Fsp3) is 0.353. The Labute approximate surface area is 155 Å². The quantitative estimate of drug-likeness (QED) is 0.518. The molecule has 0 aliphatic heterocycles. The summed E-state index contributed by atoms with van der Waals surface area (Å²) in [6.45, 7) is 4.61. The molecule has 3 rings (SSSR count). The van der Waals surface area contributed by atoms with Crippen LogP contribution in [0.5, 0.6) is 0 Å². The third kappa shape index (κ3) is 4.92. The van der Waals surface area contributed by atoms with Gasteiger partial charge in [0.25, 0.3) is 5.56 Å². The predicted molar refractivity (Wildman–Crippen MR) is 102 cm³/mol. The number of H-pyrrole nitrogens is 2. The third-order valence-corrected chi connectivity index (χ3v) is 4.79. The SMILES string of the molecule is Cc1ccc(Cc2nnc(NCCSCc3nc[nH]c3C)[nH]c2=O)cn1. The van der Waals surface area contributed by atoms with Crippen molar-refractivity contribution < 1.29 is 0 Å². The predicted octanol–water partition coefficient (Wildman–Crippen LogP) is 1.84. The molecule has 0 spiro atoms. The summed E-state index contributed by atoms with van der Waals surface area (Å²) in [6.07, 6.45) is 3.87. The second-order valence-corrected chi connectivity index (χ2v) is 6.99. The van der Waals surface area contributed by atoms with Crippen molar-refractivity contribution in [3.05, 3.63) is 63.3 Å². The van der Waals surface area contributed by atoms with Gasteiger partial charge in [0.05, 0.1) is 12.0 Å². The monoisotopic (exact) mass is 371 g/mol. The first kappa shape index (κ1) is 18.1. The molecule has 9 heteroatoms. The van der Waals surface area contributed by atoms with Crippen molar-refractivity contribution >= 4 is 17.7 Å². The second-order valence-electron chi connectivity index (χ2n) is 5.89. The Balaban J connectivity index is 1.47. The Kier molecular flexibility index (Phi) is 6.00. The molecule has 0 saturated carbocycles. The number of anilines is 1. The van der Waals surface area contributed by atoms with Crippen LogP contribution in [0.25, 0.3) is 0 Å².